The lowest BCUT2D eigenvalue weighted by molar-refractivity contribution is -0.139. The molecule has 51 heavy (non-hydrogen) atoms. The Morgan fingerprint density at radius 2 is 1.69 bits per heavy atom. The van der Waals surface area contributed by atoms with E-state index in [1.807, 2.05) is 75.5 Å². The molecule has 1 spiro atoms. The number of hydrogen-bond donors (Lipinski definition) is 4. The highest BCUT2D eigenvalue weighted by molar-refractivity contribution is 6.06. The summed E-state index contributed by atoms with van der Waals surface area (Å²) in [5.74, 6) is 0.182. The van der Waals surface area contributed by atoms with Crippen molar-refractivity contribution >= 4 is 29.2 Å². The van der Waals surface area contributed by atoms with Crippen LogP contribution in [-0.2, 0) is 57.7 Å². The molecule has 1 fully saturated rings. The highest BCUT2D eigenvalue weighted by Crippen LogP contribution is 2.47. The molecule has 1 aliphatic carbocycles. The van der Waals surface area contributed by atoms with Crippen LogP contribution in [0.1, 0.15) is 52.8 Å². The van der Waals surface area contributed by atoms with Gasteiger partial charge in [0.05, 0.1) is 10.8 Å². The highest BCUT2D eigenvalue weighted by Gasteiger charge is 2.51. The predicted molar refractivity (Wildman–Crippen MR) is 199 cm³/mol. The van der Waals surface area contributed by atoms with Gasteiger partial charge in [-0.2, -0.15) is 0 Å². The molecule has 2 aliphatic heterocycles. The molecule has 4 N–H and O–H groups in total. The molecule has 1 aromatic heterocycles. The Kier molecular flexibility index (Phi) is 9.74. The fraction of sp³-hybridized carbons (Fsp3) is 0.366. The summed E-state index contributed by atoms with van der Waals surface area (Å²) < 4.78 is 0. The first-order valence-electron chi connectivity index (χ1n) is 17.9. The van der Waals surface area contributed by atoms with Crippen molar-refractivity contribution in [1.29, 1.82) is 0 Å². The maximum absolute atomic E-state index is 14.5. The van der Waals surface area contributed by atoms with Crippen molar-refractivity contribution in [1.82, 2.24) is 25.4 Å². The molecule has 1 atom stereocenters. The highest BCUT2D eigenvalue weighted by atomic mass is 16.2. The number of aromatic nitrogens is 1. The van der Waals surface area contributed by atoms with Crippen LogP contribution < -0.4 is 21.3 Å². The molecule has 10 nitrogen and oxygen atoms in total. The summed E-state index contributed by atoms with van der Waals surface area (Å²) in [6, 6.07) is 26.0. The van der Waals surface area contributed by atoms with Gasteiger partial charge in [-0.05, 0) is 85.3 Å². The first kappa shape index (κ1) is 34.5. The summed E-state index contributed by atoms with van der Waals surface area (Å²) in [5.41, 5.74) is 6.30. The number of rotatable bonds is 11. The second kappa shape index (κ2) is 14.4. The third-order valence-electron chi connectivity index (χ3n) is 10.8. The molecule has 3 amide bonds. The molecule has 3 heterocycles. The van der Waals surface area contributed by atoms with Crippen LogP contribution in [0.25, 0.3) is 0 Å². The van der Waals surface area contributed by atoms with Crippen molar-refractivity contribution in [3.8, 4) is 0 Å². The molecule has 4 aromatic rings. The molecular weight excluding hydrogens is 638 g/mol. The standard InChI is InChI=1S/C41H47N7O3/c1-40(2,33-13-10-28(11-14-33)25-47-19-17-43-18-20-47)39(51)48(26-31-8-5-4-7-30(31)24-42-3)27-36(49)45-34-15-12-29-22-41(23-32(29)21-34)35-9-6-16-44-37(35)46-38(41)50/h4-16,21,42-43H,17-20,22-27H2,1-3H3,(H,45,49)(H,44,46,50). The van der Waals surface area contributed by atoms with E-state index >= 15 is 0 Å². The molecule has 7 rings (SSSR count). The number of fused-ring (bicyclic) bond motifs is 3. The van der Waals surface area contributed by atoms with Crippen molar-refractivity contribution in [2.24, 2.45) is 0 Å². The second-order valence-corrected chi connectivity index (χ2v) is 14.6. The van der Waals surface area contributed by atoms with E-state index in [-0.39, 0.29) is 24.3 Å². The molecule has 1 saturated heterocycles. The topological polar surface area (TPSA) is 119 Å². The van der Waals surface area contributed by atoms with E-state index in [2.05, 4.69) is 55.4 Å². The number of nitrogens with zero attached hydrogens (tertiary/aromatic N) is 3. The van der Waals surface area contributed by atoms with Gasteiger partial charge in [0.1, 0.15) is 12.4 Å². The number of benzene rings is 3. The number of piperazine rings is 1. The zero-order valence-electron chi connectivity index (χ0n) is 29.7. The van der Waals surface area contributed by atoms with E-state index in [0.717, 1.165) is 66.1 Å². The van der Waals surface area contributed by atoms with Crippen LogP contribution in [0.5, 0.6) is 0 Å². The van der Waals surface area contributed by atoms with Crippen LogP contribution in [0.2, 0.25) is 0 Å². The Morgan fingerprint density at radius 3 is 2.45 bits per heavy atom. The van der Waals surface area contributed by atoms with Crippen molar-refractivity contribution in [2.45, 2.75) is 57.2 Å². The number of carbonyl (C=O) groups is 3. The lowest BCUT2D eigenvalue weighted by Crippen LogP contribution is -2.46. The van der Waals surface area contributed by atoms with Crippen molar-refractivity contribution in [3.05, 3.63) is 124 Å². The van der Waals surface area contributed by atoms with Gasteiger partial charge in [0, 0.05) is 63.3 Å². The molecule has 3 aromatic carbocycles. The Bertz CT molecular complexity index is 1940. The van der Waals surface area contributed by atoms with E-state index in [0.29, 0.717) is 37.4 Å². The fourth-order valence-electron chi connectivity index (χ4n) is 7.87. The number of hydrogen-bond acceptors (Lipinski definition) is 7. The molecule has 264 valence electrons. The minimum absolute atomic E-state index is 0.0394. The maximum atomic E-state index is 14.5. The average molecular weight is 686 g/mol. The molecule has 0 saturated carbocycles. The van der Waals surface area contributed by atoms with E-state index in [9.17, 15) is 14.4 Å². The van der Waals surface area contributed by atoms with Gasteiger partial charge in [-0.25, -0.2) is 4.98 Å². The monoisotopic (exact) mass is 685 g/mol. The number of carbonyl (C=O) groups excluding carboxylic acids is 3. The van der Waals surface area contributed by atoms with Crippen molar-refractivity contribution < 1.29 is 14.4 Å². The molecule has 0 radical (unpaired) electrons. The second-order valence-electron chi connectivity index (χ2n) is 14.6. The van der Waals surface area contributed by atoms with Gasteiger partial charge in [-0.1, -0.05) is 60.7 Å². The summed E-state index contributed by atoms with van der Waals surface area (Å²) in [7, 11) is 1.90. The van der Waals surface area contributed by atoms with E-state index in [4.69, 9.17) is 0 Å². The zero-order valence-corrected chi connectivity index (χ0v) is 29.7. The Labute approximate surface area is 300 Å². The minimum Gasteiger partial charge on any atom is -0.328 e. The Hall–Kier alpha value is -4.90. The molecule has 0 bridgehead atoms. The summed E-state index contributed by atoms with van der Waals surface area (Å²) in [5, 5.41) is 12.6. The fourth-order valence-corrected chi connectivity index (χ4v) is 7.87. The number of amides is 3. The van der Waals surface area contributed by atoms with Gasteiger partial charge in [-0.15, -0.1) is 0 Å². The number of anilines is 2. The van der Waals surface area contributed by atoms with Gasteiger partial charge in [0.25, 0.3) is 0 Å². The van der Waals surface area contributed by atoms with Crippen LogP contribution in [0.4, 0.5) is 11.5 Å². The summed E-state index contributed by atoms with van der Waals surface area (Å²) in [6.07, 6.45) is 2.81. The SMILES string of the molecule is CNCc1ccccc1CN(CC(=O)Nc1ccc2c(c1)CC1(C2)C(=O)Nc2ncccc21)C(=O)C(C)(C)c1ccc(CN2CCNCC2)cc1. The van der Waals surface area contributed by atoms with Crippen LogP contribution in [-0.4, -0.2) is 72.3 Å². The first-order chi connectivity index (χ1) is 24.7. The maximum Gasteiger partial charge on any atom is 0.244 e. The minimum atomic E-state index is -0.874. The van der Waals surface area contributed by atoms with Crippen LogP contribution in [0.15, 0.2) is 85.1 Å². The van der Waals surface area contributed by atoms with E-state index in [1.54, 1.807) is 11.1 Å². The average Bonchev–Trinajstić information content (AvgIpc) is 3.65. The number of pyridine rings is 1. The largest absolute Gasteiger partial charge is 0.328 e. The predicted octanol–water partition coefficient (Wildman–Crippen LogP) is 4.14. The third kappa shape index (κ3) is 7.04. The van der Waals surface area contributed by atoms with Crippen molar-refractivity contribution in [3.63, 3.8) is 0 Å². The lowest BCUT2D eigenvalue weighted by Gasteiger charge is -2.33. The summed E-state index contributed by atoms with van der Waals surface area (Å²) >= 11 is 0. The zero-order chi connectivity index (χ0) is 35.6. The van der Waals surface area contributed by atoms with Crippen LogP contribution in [0, 0.1) is 0 Å². The Balaban J connectivity index is 1.09. The van der Waals surface area contributed by atoms with Gasteiger partial charge < -0.3 is 26.2 Å². The first-order valence-corrected chi connectivity index (χ1v) is 17.9. The van der Waals surface area contributed by atoms with Gasteiger partial charge >= 0.3 is 0 Å². The van der Waals surface area contributed by atoms with Crippen LogP contribution >= 0.6 is 0 Å². The van der Waals surface area contributed by atoms with Gasteiger partial charge in [-0.3, -0.25) is 19.3 Å². The quantitative estimate of drug-likeness (QED) is 0.188. The molecule has 10 heteroatoms. The van der Waals surface area contributed by atoms with Crippen LogP contribution in [0.3, 0.4) is 0 Å². The number of nitrogens with one attached hydrogen (secondary N) is 4. The van der Waals surface area contributed by atoms with Gasteiger partial charge in [0.15, 0.2) is 0 Å². The Morgan fingerprint density at radius 1 is 0.941 bits per heavy atom. The normalized spacial score (nSPS) is 18.3. The molecular formula is C41H47N7O3. The summed E-state index contributed by atoms with van der Waals surface area (Å²) in [4.78, 5) is 50.0. The van der Waals surface area contributed by atoms with E-state index in [1.165, 1.54) is 5.56 Å². The smallest absolute Gasteiger partial charge is 0.244 e. The third-order valence-corrected chi connectivity index (χ3v) is 10.8. The lowest BCUT2D eigenvalue weighted by atomic mass is 9.79. The van der Waals surface area contributed by atoms with Gasteiger partial charge in [0.2, 0.25) is 17.7 Å². The molecule has 1 unspecified atom stereocenters. The van der Waals surface area contributed by atoms with E-state index < -0.39 is 10.8 Å². The summed E-state index contributed by atoms with van der Waals surface area (Å²) in [6.45, 7) is 9.63. The van der Waals surface area contributed by atoms with Crippen molar-refractivity contribution in [2.75, 3.05) is 50.4 Å². The molecule has 3 aliphatic rings.